The van der Waals surface area contributed by atoms with Crippen molar-refractivity contribution >= 4 is 11.9 Å². The van der Waals surface area contributed by atoms with E-state index in [4.69, 9.17) is 4.74 Å². The van der Waals surface area contributed by atoms with Crippen molar-refractivity contribution in [2.24, 2.45) is 5.92 Å². The van der Waals surface area contributed by atoms with Crippen LogP contribution in [0.2, 0.25) is 0 Å². The van der Waals surface area contributed by atoms with E-state index in [-0.39, 0.29) is 17.5 Å². The van der Waals surface area contributed by atoms with Gasteiger partial charge in [-0.05, 0) is 43.6 Å². The number of hydrogen-bond acceptors (Lipinski definition) is 3. The van der Waals surface area contributed by atoms with Gasteiger partial charge in [-0.2, -0.15) is 0 Å². The largest absolute Gasteiger partial charge is 0.375 e. The molecule has 2 aliphatic rings. The standard InChI is InChI=1S/C22H33N3O3/c1-24(2)20(26)16-19-9-15-28-22(17-19)10-13-25(14-11-22)21(27)23-12-8-18-6-4-3-5-7-18/h3-7,19H,8-17H2,1-2H3,(H,23,27). The molecule has 3 amide bonds. The summed E-state index contributed by atoms with van der Waals surface area (Å²) in [6, 6.07) is 10.2. The van der Waals surface area contributed by atoms with Crippen LogP contribution in [0.25, 0.3) is 0 Å². The van der Waals surface area contributed by atoms with E-state index in [1.54, 1.807) is 4.90 Å². The number of carbonyl (C=O) groups excluding carboxylic acids is 2. The number of likely N-dealkylation sites (tertiary alicyclic amines) is 1. The lowest BCUT2D eigenvalue weighted by Crippen LogP contribution is -2.53. The smallest absolute Gasteiger partial charge is 0.317 e. The highest BCUT2D eigenvalue weighted by Crippen LogP contribution is 2.38. The molecular formula is C22H33N3O3. The van der Waals surface area contributed by atoms with Gasteiger partial charge in [0.25, 0.3) is 0 Å². The lowest BCUT2D eigenvalue weighted by atomic mass is 9.78. The van der Waals surface area contributed by atoms with E-state index < -0.39 is 0 Å². The van der Waals surface area contributed by atoms with Crippen molar-refractivity contribution in [3.05, 3.63) is 35.9 Å². The van der Waals surface area contributed by atoms with Crippen molar-refractivity contribution < 1.29 is 14.3 Å². The van der Waals surface area contributed by atoms with Gasteiger partial charge in [0.2, 0.25) is 5.91 Å². The van der Waals surface area contributed by atoms with Crippen LogP contribution >= 0.6 is 0 Å². The van der Waals surface area contributed by atoms with Crippen LogP contribution in [0, 0.1) is 5.92 Å². The first-order valence-corrected chi connectivity index (χ1v) is 10.4. The molecule has 1 aromatic carbocycles. The first-order valence-electron chi connectivity index (χ1n) is 10.4. The number of urea groups is 1. The van der Waals surface area contributed by atoms with Gasteiger partial charge < -0.3 is 19.9 Å². The summed E-state index contributed by atoms with van der Waals surface area (Å²) in [4.78, 5) is 28.1. The third kappa shape index (κ3) is 5.47. The molecular weight excluding hydrogens is 354 g/mol. The Kier molecular flexibility index (Phi) is 6.94. The second kappa shape index (κ2) is 9.41. The Balaban J connectivity index is 1.42. The van der Waals surface area contributed by atoms with Gasteiger partial charge >= 0.3 is 6.03 Å². The molecule has 0 saturated carbocycles. The Morgan fingerprint density at radius 1 is 1.21 bits per heavy atom. The normalized spacial score (nSPS) is 21.4. The Morgan fingerprint density at radius 2 is 1.93 bits per heavy atom. The molecule has 1 unspecified atom stereocenters. The number of hydrogen-bond donors (Lipinski definition) is 1. The van der Waals surface area contributed by atoms with E-state index in [1.807, 2.05) is 37.2 Å². The third-order valence-corrected chi connectivity index (χ3v) is 6.05. The highest BCUT2D eigenvalue weighted by Gasteiger charge is 2.41. The van der Waals surface area contributed by atoms with E-state index in [0.717, 1.165) is 32.1 Å². The lowest BCUT2D eigenvalue weighted by Gasteiger charge is -2.46. The fraction of sp³-hybridized carbons (Fsp3) is 0.636. The Labute approximate surface area is 168 Å². The van der Waals surface area contributed by atoms with Crippen LogP contribution in [0.4, 0.5) is 4.79 Å². The number of amides is 3. The van der Waals surface area contributed by atoms with Crippen molar-refractivity contribution in [2.75, 3.05) is 40.3 Å². The maximum atomic E-state index is 12.5. The van der Waals surface area contributed by atoms with Crippen LogP contribution in [-0.4, -0.2) is 67.7 Å². The number of piperidine rings is 1. The second-order valence-corrected chi connectivity index (χ2v) is 8.34. The monoisotopic (exact) mass is 387 g/mol. The third-order valence-electron chi connectivity index (χ3n) is 6.05. The summed E-state index contributed by atoms with van der Waals surface area (Å²) in [6.07, 6.45) is 5.02. The molecule has 1 N–H and O–H groups in total. The molecule has 3 rings (SSSR count). The zero-order valence-corrected chi connectivity index (χ0v) is 17.2. The van der Waals surface area contributed by atoms with Gasteiger partial charge in [-0.25, -0.2) is 4.79 Å². The van der Waals surface area contributed by atoms with Crippen LogP contribution in [0.3, 0.4) is 0 Å². The minimum atomic E-state index is -0.156. The summed E-state index contributed by atoms with van der Waals surface area (Å²) in [6.45, 7) is 2.79. The molecule has 2 aliphatic heterocycles. The van der Waals surface area contributed by atoms with E-state index in [1.165, 1.54) is 5.56 Å². The lowest BCUT2D eigenvalue weighted by molar-refractivity contribution is -0.138. The van der Waals surface area contributed by atoms with E-state index in [0.29, 0.717) is 38.6 Å². The topological polar surface area (TPSA) is 61.9 Å². The Hall–Kier alpha value is -2.08. The molecule has 28 heavy (non-hydrogen) atoms. The van der Waals surface area contributed by atoms with Crippen LogP contribution in [-0.2, 0) is 16.0 Å². The Bertz CT molecular complexity index is 654. The molecule has 0 aromatic heterocycles. The number of nitrogens with one attached hydrogen (secondary N) is 1. The van der Waals surface area contributed by atoms with E-state index >= 15 is 0 Å². The molecule has 2 heterocycles. The molecule has 6 nitrogen and oxygen atoms in total. The molecule has 154 valence electrons. The van der Waals surface area contributed by atoms with Gasteiger partial charge in [0.15, 0.2) is 0 Å². The van der Waals surface area contributed by atoms with Crippen molar-refractivity contribution in [3.63, 3.8) is 0 Å². The molecule has 0 bridgehead atoms. The minimum Gasteiger partial charge on any atom is -0.375 e. The van der Waals surface area contributed by atoms with Gasteiger partial charge in [0.1, 0.15) is 0 Å². The first-order chi connectivity index (χ1) is 13.5. The summed E-state index contributed by atoms with van der Waals surface area (Å²) >= 11 is 0. The van der Waals surface area contributed by atoms with Crippen LogP contribution in [0.15, 0.2) is 30.3 Å². The number of rotatable bonds is 5. The van der Waals surface area contributed by atoms with Crippen LogP contribution in [0.1, 0.15) is 37.7 Å². The average Bonchev–Trinajstić information content (AvgIpc) is 2.69. The SMILES string of the molecule is CN(C)C(=O)CC1CCOC2(CCN(C(=O)NCCc3ccccc3)CC2)C1. The van der Waals surface area contributed by atoms with Crippen molar-refractivity contribution in [1.82, 2.24) is 15.1 Å². The summed E-state index contributed by atoms with van der Waals surface area (Å²) < 4.78 is 6.16. The molecule has 6 heteroatoms. The molecule has 1 spiro atoms. The van der Waals surface area contributed by atoms with Gasteiger partial charge in [-0.3, -0.25) is 4.79 Å². The van der Waals surface area contributed by atoms with E-state index in [9.17, 15) is 9.59 Å². The average molecular weight is 388 g/mol. The molecule has 0 aliphatic carbocycles. The molecule has 2 saturated heterocycles. The summed E-state index contributed by atoms with van der Waals surface area (Å²) in [5.74, 6) is 0.576. The summed E-state index contributed by atoms with van der Waals surface area (Å²) in [5, 5.41) is 3.04. The summed E-state index contributed by atoms with van der Waals surface area (Å²) in [5.41, 5.74) is 1.07. The molecule has 2 fully saturated rings. The molecule has 1 atom stereocenters. The highest BCUT2D eigenvalue weighted by atomic mass is 16.5. The van der Waals surface area contributed by atoms with E-state index in [2.05, 4.69) is 17.4 Å². The number of benzene rings is 1. The maximum absolute atomic E-state index is 12.5. The first kappa shape index (κ1) is 20.6. The quantitative estimate of drug-likeness (QED) is 0.845. The summed E-state index contributed by atoms with van der Waals surface area (Å²) in [7, 11) is 3.62. The van der Waals surface area contributed by atoms with Gasteiger partial charge in [0.05, 0.1) is 5.60 Å². The van der Waals surface area contributed by atoms with Crippen molar-refractivity contribution in [3.8, 4) is 0 Å². The maximum Gasteiger partial charge on any atom is 0.317 e. The highest BCUT2D eigenvalue weighted by molar-refractivity contribution is 5.76. The van der Waals surface area contributed by atoms with Crippen LogP contribution in [0.5, 0.6) is 0 Å². The fourth-order valence-corrected chi connectivity index (χ4v) is 4.27. The molecule has 1 aromatic rings. The molecule has 0 radical (unpaired) electrons. The predicted molar refractivity (Wildman–Crippen MR) is 109 cm³/mol. The zero-order valence-electron chi connectivity index (χ0n) is 17.2. The number of ether oxygens (including phenoxy) is 1. The van der Waals surface area contributed by atoms with Crippen molar-refractivity contribution in [2.45, 2.75) is 44.1 Å². The zero-order chi connectivity index (χ0) is 20.0. The van der Waals surface area contributed by atoms with Gasteiger partial charge in [0, 0.05) is 46.8 Å². The Morgan fingerprint density at radius 3 is 2.61 bits per heavy atom. The van der Waals surface area contributed by atoms with Gasteiger partial charge in [-0.15, -0.1) is 0 Å². The minimum absolute atomic E-state index is 0.0147. The number of nitrogens with zero attached hydrogens (tertiary/aromatic N) is 2. The van der Waals surface area contributed by atoms with Crippen molar-refractivity contribution in [1.29, 1.82) is 0 Å². The van der Waals surface area contributed by atoms with Crippen LogP contribution < -0.4 is 5.32 Å². The predicted octanol–water partition coefficient (Wildman–Crippen LogP) is 2.68. The van der Waals surface area contributed by atoms with Gasteiger partial charge in [-0.1, -0.05) is 30.3 Å². The number of carbonyl (C=O) groups is 2. The second-order valence-electron chi connectivity index (χ2n) is 8.34. The fourth-order valence-electron chi connectivity index (χ4n) is 4.27.